The van der Waals surface area contributed by atoms with Crippen molar-refractivity contribution in [2.75, 3.05) is 36.5 Å². The van der Waals surface area contributed by atoms with Crippen LogP contribution in [0.4, 0.5) is 11.6 Å². The Balaban J connectivity index is 1.41. The molecule has 5 rings (SSSR count). The molecule has 2 heterocycles. The molecule has 1 aliphatic rings. The molecule has 0 spiro atoms. The fourth-order valence-corrected chi connectivity index (χ4v) is 5.09. The van der Waals surface area contributed by atoms with E-state index in [1.54, 1.807) is 0 Å². The summed E-state index contributed by atoms with van der Waals surface area (Å²) < 4.78 is 7.60. The zero-order valence-electron chi connectivity index (χ0n) is 20.4. The minimum absolute atomic E-state index is 0.0874. The number of para-hydroxylation sites is 2. The van der Waals surface area contributed by atoms with Gasteiger partial charge in [-0.1, -0.05) is 78.5 Å². The smallest absolute Gasteiger partial charge is 0.237 e. The van der Waals surface area contributed by atoms with Gasteiger partial charge in [-0.3, -0.25) is 9.36 Å². The van der Waals surface area contributed by atoms with Gasteiger partial charge in [0.1, 0.15) is 0 Å². The number of carbonyl (C=O) groups is 1. The molecule has 184 valence electrons. The van der Waals surface area contributed by atoms with Gasteiger partial charge in [-0.15, -0.1) is 10.2 Å². The third-order valence-electron chi connectivity index (χ3n) is 6.19. The number of rotatable bonds is 7. The van der Waals surface area contributed by atoms with Crippen molar-refractivity contribution in [3.05, 3.63) is 84.4 Å². The van der Waals surface area contributed by atoms with Crippen LogP contribution in [-0.4, -0.2) is 52.2 Å². The molecule has 1 aliphatic heterocycles. The molecule has 3 aromatic carbocycles. The highest BCUT2D eigenvalue weighted by atomic mass is 32.2. The summed E-state index contributed by atoms with van der Waals surface area (Å²) in [5.41, 5.74) is 4.95. The van der Waals surface area contributed by atoms with Crippen LogP contribution >= 0.6 is 11.8 Å². The number of benzene rings is 3. The van der Waals surface area contributed by atoms with Crippen molar-refractivity contribution in [3.8, 4) is 16.8 Å². The van der Waals surface area contributed by atoms with Gasteiger partial charge in [-0.2, -0.15) is 0 Å². The first kappa shape index (κ1) is 24.1. The predicted octanol–water partition coefficient (Wildman–Crippen LogP) is 5.20. The summed E-state index contributed by atoms with van der Waals surface area (Å²) in [7, 11) is 0. The van der Waals surface area contributed by atoms with Gasteiger partial charge in [-0.05, 0) is 37.1 Å². The van der Waals surface area contributed by atoms with Crippen LogP contribution in [0, 0.1) is 6.92 Å². The van der Waals surface area contributed by atoms with Gasteiger partial charge in [-0.25, -0.2) is 0 Å². The maximum atomic E-state index is 13.3. The van der Waals surface area contributed by atoms with Crippen molar-refractivity contribution in [3.63, 3.8) is 0 Å². The number of nitrogens with zero attached hydrogens (tertiary/aromatic N) is 4. The van der Waals surface area contributed by atoms with Crippen LogP contribution in [0.2, 0.25) is 0 Å². The highest BCUT2D eigenvalue weighted by molar-refractivity contribution is 8.00. The quantitative estimate of drug-likeness (QED) is 0.353. The molecule has 1 amide bonds. The zero-order chi connectivity index (χ0) is 24.9. The summed E-state index contributed by atoms with van der Waals surface area (Å²) in [4.78, 5) is 15.5. The van der Waals surface area contributed by atoms with Gasteiger partial charge in [0.2, 0.25) is 11.9 Å². The molecule has 1 N–H and O–H groups in total. The summed E-state index contributed by atoms with van der Waals surface area (Å²) >= 11 is 1.41. The normalized spacial score (nSPS) is 14.4. The largest absolute Gasteiger partial charge is 0.378 e. The fraction of sp³-hybridized carbons (Fsp3) is 0.250. The Morgan fingerprint density at radius 3 is 2.42 bits per heavy atom. The number of aromatic nitrogens is 3. The number of aryl methyl sites for hydroxylation is 1. The summed E-state index contributed by atoms with van der Waals surface area (Å²) in [6, 6.07) is 26.1. The highest BCUT2D eigenvalue weighted by Crippen LogP contribution is 2.32. The number of nitrogens with one attached hydrogen (secondary N) is 1. The Kier molecular flexibility index (Phi) is 7.34. The first-order valence-corrected chi connectivity index (χ1v) is 13.0. The minimum Gasteiger partial charge on any atom is -0.378 e. The number of morpholine rings is 1. The molecule has 0 saturated carbocycles. The summed E-state index contributed by atoms with van der Waals surface area (Å²) in [6.45, 7) is 6.79. The van der Waals surface area contributed by atoms with E-state index in [4.69, 9.17) is 4.74 Å². The molecule has 0 radical (unpaired) electrons. The lowest BCUT2D eigenvalue weighted by Gasteiger charge is -2.28. The number of hydrogen-bond acceptors (Lipinski definition) is 6. The SMILES string of the molecule is Cc1ccccc1-n1c(SC(C)C(=O)Nc2ccccc2-c2ccccc2)nnc1N1CCOCC1. The number of thioether (sulfide) groups is 1. The molecule has 0 bridgehead atoms. The van der Waals surface area contributed by atoms with Gasteiger partial charge in [0.15, 0.2) is 5.16 Å². The standard InChI is InChI=1S/C28H29N5O2S/c1-20-10-6-9-15-25(20)33-27(32-16-18-35-19-17-32)30-31-28(33)36-21(2)26(34)29-24-14-8-7-13-23(24)22-11-4-3-5-12-22/h3-15,21H,16-19H2,1-2H3,(H,29,34). The van der Waals surface area contributed by atoms with E-state index < -0.39 is 5.25 Å². The second kappa shape index (κ2) is 11.0. The molecule has 0 aliphatic carbocycles. The van der Waals surface area contributed by atoms with Crippen molar-refractivity contribution >= 4 is 29.3 Å². The Labute approximate surface area is 215 Å². The second-order valence-electron chi connectivity index (χ2n) is 8.66. The first-order chi connectivity index (χ1) is 17.6. The van der Waals surface area contributed by atoms with E-state index in [1.807, 2.05) is 73.7 Å². The second-order valence-corrected chi connectivity index (χ2v) is 9.97. The van der Waals surface area contributed by atoms with Crippen molar-refractivity contribution in [1.82, 2.24) is 14.8 Å². The average Bonchev–Trinajstić information content (AvgIpc) is 3.33. The maximum Gasteiger partial charge on any atom is 0.237 e. The van der Waals surface area contributed by atoms with Gasteiger partial charge < -0.3 is 15.0 Å². The third kappa shape index (κ3) is 5.15. The van der Waals surface area contributed by atoms with Crippen LogP contribution in [0.15, 0.2) is 84.0 Å². The lowest BCUT2D eigenvalue weighted by atomic mass is 10.0. The van der Waals surface area contributed by atoms with Crippen LogP contribution in [0.1, 0.15) is 12.5 Å². The molecule has 1 fully saturated rings. The van der Waals surface area contributed by atoms with Crippen LogP contribution < -0.4 is 10.2 Å². The van der Waals surface area contributed by atoms with E-state index in [0.29, 0.717) is 18.4 Å². The van der Waals surface area contributed by atoms with E-state index in [1.165, 1.54) is 11.8 Å². The van der Waals surface area contributed by atoms with E-state index >= 15 is 0 Å². The maximum absolute atomic E-state index is 13.3. The molecular formula is C28H29N5O2S. The van der Waals surface area contributed by atoms with E-state index in [0.717, 1.165) is 47.1 Å². The summed E-state index contributed by atoms with van der Waals surface area (Å²) in [6.07, 6.45) is 0. The lowest BCUT2D eigenvalue weighted by molar-refractivity contribution is -0.115. The van der Waals surface area contributed by atoms with E-state index in [-0.39, 0.29) is 5.91 Å². The van der Waals surface area contributed by atoms with Crippen LogP contribution in [0.5, 0.6) is 0 Å². The first-order valence-electron chi connectivity index (χ1n) is 12.1. The zero-order valence-corrected chi connectivity index (χ0v) is 21.2. The van der Waals surface area contributed by atoms with Crippen LogP contribution in [0.25, 0.3) is 16.8 Å². The molecule has 8 heteroatoms. The summed E-state index contributed by atoms with van der Waals surface area (Å²) in [5.74, 6) is 0.688. The molecule has 4 aromatic rings. The number of amides is 1. The molecule has 36 heavy (non-hydrogen) atoms. The molecular weight excluding hydrogens is 470 g/mol. The van der Waals surface area contributed by atoms with E-state index in [9.17, 15) is 4.79 Å². The van der Waals surface area contributed by atoms with Crippen molar-refractivity contribution in [2.45, 2.75) is 24.3 Å². The number of ether oxygens (including phenoxy) is 1. The Hall–Kier alpha value is -3.62. The van der Waals surface area contributed by atoms with Gasteiger partial charge in [0, 0.05) is 24.3 Å². The molecule has 1 unspecified atom stereocenters. The monoisotopic (exact) mass is 499 g/mol. The minimum atomic E-state index is -0.390. The number of carbonyl (C=O) groups excluding carboxylic acids is 1. The third-order valence-corrected chi connectivity index (χ3v) is 7.23. The van der Waals surface area contributed by atoms with Gasteiger partial charge in [0.05, 0.1) is 24.2 Å². The molecule has 7 nitrogen and oxygen atoms in total. The molecule has 1 saturated heterocycles. The number of anilines is 2. The van der Waals surface area contributed by atoms with Crippen molar-refractivity contribution < 1.29 is 9.53 Å². The Morgan fingerprint density at radius 1 is 0.944 bits per heavy atom. The Bertz CT molecular complexity index is 1330. The van der Waals surface area contributed by atoms with Crippen LogP contribution in [0.3, 0.4) is 0 Å². The Morgan fingerprint density at radius 2 is 1.64 bits per heavy atom. The van der Waals surface area contributed by atoms with E-state index in [2.05, 4.69) is 44.0 Å². The topological polar surface area (TPSA) is 72.3 Å². The average molecular weight is 500 g/mol. The fourth-order valence-electron chi connectivity index (χ4n) is 4.24. The number of hydrogen-bond donors (Lipinski definition) is 1. The van der Waals surface area contributed by atoms with Crippen molar-refractivity contribution in [1.29, 1.82) is 0 Å². The lowest BCUT2D eigenvalue weighted by Crippen LogP contribution is -2.38. The summed E-state index contributed by atoms with van der Waals surface area (Å²) in [5, 5.41) is 12.5. The molecule has 1 aromatic heterocycles. The molecule has 1 atom stereocenters. The van der Waals surface area contributed by atoms with Gasteiger partial charge >= 0.3 is 0 Å². The predicted molar refractivity (Wildman–Crippen MR) is 145 cm³/mol. The van der Waals surface area contributed by atoms with Crippen molar-refractivity contribution in [2.24, 2.45) is 0 Å². The van der Waals surface area contributed by atoms with Gasteiger partial charge in [0.25, 0.3) is 0 Å². The van der Waals surface area contributed by atoms with Crippen LogP contribution in [-0.2, 0) is 9.53 Å². The highest BCUT2D eigenvalue weighted by Gasteiger charge is 2.25.